The van der Waals surface area contributed by atoms with Crippen LogP contribution in [0.25, 0.3) is 27.1 Å². The topological polar surface area (TPSA) is 89.8 Å². The molecule has 1 atom stereocenters. The minimum absolute atomic E-state index is 0.321. The van der Waals surface area contributed by atoms with Crippen LogP contribution in [0.2, 0.25) is 0 Å². The summed E-state index contributed by atoms with van der Waals surface area (Å²) in [6, 6.07) is 5.76. The van der Waals surface area contributed by atoms with Gasteiger partial charge in [0.1, 0.15) is 6.33 Å². The molecule has 0 saturated heterocycles. The van der Waals surface area contributed by atoms with E-state index >= 15 is 0 Å². The molecule has 7 nitrogen and oxygen atoms in total. The smallest absolute Gasteiger partial charge is 0.258 e. The molecule has 0 fully saturated rings. The average molecular weight is 311 g/mol. The van der Waals surface area contributed by atoms with Gasteiger partial charge in [0.05, 0.1) is 11.7 Å². The van der Waals surface area contributed by atoms with Crippen molar-refractivity contribution >= 4 is 32.8 Å². The lowest BCUT2D eigenvalue weighted by atomic mass is 10.1. The lowest BCUT2D eigenvalue weighted by Crippen LogP contribution is -2.17. The SMILES string of the molecule is O=C1C=C(n2ncc3ccc(-c4cncnc4)cc32)S(=O)N1. The molecule has 8 heteroatoms. The Bertz CT molecular complexity index is 948. The molecule has 3 aromatic rings. The second kappa shape index (κ2) is 4.85. The molecule has 1 amide bonds. The predicted octanol–water partition coefficient (Wildman–Crippen LogP) is 1.09. The molecule has 1 aliphatic rings. The van der Waals surface area contributed by atoms with Gasteiger partial charge in [0.15, 0.2) is 16.0 Å². The van der Waals surface area contributed by atoms with Crippen molar-refractivity contribution in [3.63, 3.8) is 0 Å². The Labute approximate surface area is 127 Å². The van der Waals surface area contributed by atoms with Crippen LogP contribution >= 0.6 is 0 Å². The standard InChI is InChI=1S/C14H9N5O2S/c20-13-4-14(22(21)18-13)19-12-3-9(1-2-10(12)7-17-19)11-5-15-8-16-6-11/h1-8H,(H,18,20). The Morgan fingerprint density at radius 1 is 1.09 bits per heavy atom. The maximum atomic E-state index is 11.9. The van der Waals surface area contributed by atoms with Crippen molar-refractivity contribution < 1.29 is 9.00 Å². The number of fused-ring (bicyclic) bond motifs is 1. The first-order valence-electron chi connectivity index (χ1n) is 6.40. The van der Waals surface area contributed by atoms with Crippen molar-refractivity contribution in [2.24, 2.45) is 0 Å². The van der Waals surface area contributed by atoms with E-state index in [1.54, 1.807) is 18.6 Å². The van der Waals surface area contributed by atoms with Gasteiger partial charge >= 0.3 is 0 Å². The molecular formula is C14H9N5O2S. The molecule has 3 heterocycles. The maximum absolute atomic E-state index is 11.9. The van der Waals surface area contributed by atoms with Gasteiger partial charge in [-0.2, -0.15) is 5.10 Å². The number of nitrogens with one attached hydrogen (secondary N) is 1. The Hall–Kier alpha value is -2.87. The first-order valence-corrected chi connectivity index (χ1v) is 7.55. The first kappa shape index (κ1) is 12.8. The fourth-order valence-corrected chi connectivity index (χ4v) is 3.16. The Balaban J connectivity index is 1.89. The molecule has 1 unspecified atom stereocenters. The number of hydrogen-bond donors (Lipinski definition) is 1. The minimum atomic E-state index is -1.59. The summed E-state index contributed by atoms with van der Waals surface area (Å²) < 4.78 is 15.7. The van der Waals surface area contributed by atoms with Crippen LogP contribution in [0.4, 0.5) is 0 Å². The average Bonchev–Trinajstić information content (AvgIpc) is 3.10. The lowest BCUT2D eigenvalue weighted by molar-refractivity contribution is -0.114. The van der Waals surface area contributed by atoms with E-state index in [-0.39, 0.29) is 5.91 Å². The molecular weight excluding hydrogens is 302 g/mol. The molecule has 0 spiro atoms. The summed E-state index contributed by atoms with van der Waals surface area (Å²) in [7, 11) is -1.59. The predicted molar refractivity (Wildman–Crippen MR) is 81.3 cm³/mol. The molecule has 2 aromatic heterocycles. The number of hydrogen-bond acceptors (Lipinski definition) is 5. The Morgan fingerprint density at radius 3 is 2.64 bits per heavy atom. The van der Waals surface area contributed by atoms with Crippen LogP contribution in [-0.4, -0.2) is 29.9 Å². The van der Waals surface area contributed by atoms with E-state index in [0.29, 0.717) is 5.03 Å². The Kier molecular flexibility index (Phi) is 2.83. The largest absolute Gasteiger partial charge is 0.269 e. The first-order chi connectivity index (χ1) is 10.7. The molecule has 0 saturated carbocycles. The van der Waals surface area contributed by atoms with E-state index in [1.807, 2.05) is 18.2 Å². The van der Waals surface area contributed by atoms with E-state index in [9.17, 15) is 9.00 Å². The number of carbonyl (C=O) groups excluding carboxylic acids is 1. The monoisotopic (exact) mass is 311 g/mol. The zero-order valence-electron chi connectivity index (χ0n) is 11.1. The summed E-state index contributed by atoms with van der Waals surface area (Å²) >= 11 is 0. The van der Waals surface area contributed by atoms with Gasteiger partial charge < -0.3 is 0 Å². The fourth-order valence-electron chi connectivity index (χ4n) is 2.30. The van der Waals surface area contributed by atoms with Crippen LogP contribution in [0.1, 0.15) is 0 Å². The van der Waals surface area contributed by atoms with E-state index in [0.717, 1.165) is 22.0 Å². The highest BCUT2D eigenvalue weighted by Crippen LogP contribution is 2.26. The molecule has 1 aliphatic heterocycles. The van der Waals surface area contributed by atoms with Crippen molar-refractivity contribution in [3.05, 3.63) is 49.2 Å². The van der Waals surface area contributed by atoms with Gasteiger partial charge in [0.25, 0.3) is 5.91 Å². The fraction of sp³-hybridized carbons (Fsp3) is 0. The molecule has 4 rings (SSSR count). The van der Waals surface area contributed by atoms with Gasteiger partial charge in [0.2, 0.25) is 0 Å². The second-order valence-electron chi connectivity index (χ2n) is 4.67. The zero-order valence-corrected chi connectivity index (χ0v) is 11.9. The van der Waals surface area contributed by atoms with E-state index < -0.39 is 11.0 Å². The summed E-state index contributed by atoms with van der Waals surface area (Å²) in [6.45, 7) is 0. The van der Waals surface area contributed by atoms with Gasteiger partial charge in [-0.3, -0.25) is 9.52 Å². The van der Waals surface area contributed by atoms with E-state index in [2.05, 4.69) is 19.8 Å². The highest BCUT2D eigenvalue weighted by molar-refractivity contribution is 7.93. The third-order valence-corrected chi connectivity index (χ3v) is 4.37. The van der Waals surface area contributed by atoms with Crippen LogP contribution in [-0.2, 0) is 15.8 Å². The van der Waals surface area contributed by atoms with Crippen molar-refractivity contribution in [3.8, 4) is 11.1 Å². The number of benzene rings is 1. The van der Waals surface area contributed by atoms with Crippen LogP contribution in [0.15, 0.2) is 49.2 Å². The molecule has 0 aliphatic carbocycles. The summed E-state index contributed by atoms with van der Waals surface area (Å²) in [4.78, 5) is 19.4. The second-order valence-corrected chi connectivity index (χ2v) is 5.83. The van der Waals surface area contributed by atoms with Crippen molar-refractivity contribution in [2.45, 2.75) is 0 Å². The summed E-state index contributed by atoms with van der Waals surface area (Å²) in [6.07, 6.45) is 7.86. The normalized spacial score (nSPS) is 17.5. The zero-order chi connectivity index (χ0) is 15.1. The van der Waals surface area contributed by atoms with Gasteiger partial charge in [-0.05, 0) is 11.6 Å². The number of carbonyl (C=O) groups is 1. The van der Waals surface area contributed by atoms with Gasteiger partial charge in [-0.25, -0.2) is 18.9 Å². The number of aromatic nitrogens is 4. The van der Waals surface area contributed by atoms with Crippen LogP contribution in [0.5, 0.6) is 0 Å². The highest BCUT2D eigenvalue weighted by atomic mass is 32.2. The van der Waals surface area contributed by atoms with Crippen LogP contribution in [0.3, 0.4) is 0 Å². The molecule has 0 bridgehead atoms. The quantitative estimate of drug-likeness (QED) is 0.765. The third-order valence-electron chi connectivity index (χ3n) is 3.31. The molecule has 108 valence electrons. The molecule has 22 heavy (non-hydrogen) atoms. The number of amides is 1. The summed E-state index contributed by atoms with van der Waals surface area (Å²) in [5.74, 6) is -0.385. The molecule has 1 aromatic carbocycles. The maximum Gasteiger partial charge on any atom is 0.258 e. The number of nitrogens with zero attached hydrogens (tertiary/aromatic N) is 4. The van der Waals surface area contributed by atoms with Crippen molar-refractivity contribution in [2.75, 3.05) is 0 Å². The third kappa shape index (κ3) is 2.01. The van der Waals surface area contributed by atoms with Crippen molar-refractivity contribution in [1.82, 2.24) is 24.5 Å². The van der Waals surface area contributed by atoms with Gasteiger partial charge in [-0.1, -0.05) is 12.1 Å². The molecule has 0 radical (unpaired) electrons. The molecule has 1 N–H and O–H groups in total. The van der Waals surface area contributed by atoms with Crippen molar-refractivity contribution in [1.29, 1.82) is 0 Å². The van der Waals surface area contributed by atoms with Crippen LogP contribution in [0, 0.1) is 0 Å². The van der Waals surface area contributed by atoms with Crippen LogP contribution < -0.4 is 4.72 Å². The minimum Gasteiger partial charge on any atom is -0.269 e. The van der Waals surface area contributed by atoms with Gasteiger partial charge in [-0.15, -0.1) is 0 Å². The number of rotatable bonds is 2. The Morgan fingerprint density at radius 2 is 1.91 bits per heavy atom. The lowest BCUT2D eigenvalue weighted by Gasteiger charge is -2.05. The van der Waals surface area contributed by atoms with E-state index in [4.69, 9.17) is 0 Å². The van der Waals surface area contributed by atoms with Gasteiger partial charge in [0, 0.05) is 29.4 Å². The summed E-state index contributed by atoms with van der Waals surface area (Å²) in [5.41, 5.74) is 2.55. The van der Waals surface area contributed by atoms with E-state index in [1.165, 1.54) is 17.1 Å². The highest BCUT2D eigenvalue weighted by Gasteiger charge is 2.23. The summed E-state index contributed by atoms with van der Waals surface area (Å²) in [5, 5.41) is 5.44.